The van der Waals surface area contributed by atoms with Gasteiger partial charge in [0, 0.05) is 6.20 Å². The number of ether oxygens (including phenoxy) is 1. The zero-order chi connectivity index (χ0) is 14.5. The fourth-order valence-electron chi connectivity index (χ4n) is 1.81. The van der Waals surface area contributed by atoms with Gasteiger partial charge in [0.2, 0.25) is 5.78 Å². The van der Waals surface area contributed by atoms with E-state index >= 15 is 0 Å². The largest absolute Gasteiger partial charge is 0.496 e. The summed E-state index contributed by atoms with van der Waals surface area (Å²) in [6.07, 6.45) is 1.58. The predicted octanol–water partition coefficient (Wildman–Crippen LogP) is 1.18. The second-order valence-electron chi connectivity index (χ2n) is 4.03. The second kappa shape index (κ2) is 7.47. The molecule has 0 unspecified atom stereocenters. The van der Waals surface area contributed by atoms with E-state index in [1.807, 2.05) is 0 Å². The van der Waals surface area contributed by atoms with Crippen LogP contribution < -0.4 is 15.9 Å². The van der Waals surface area contributed by atoms with E-state index in [-0.39, 0.29) is 30.6 Å². The number of ketones is 1. The van der Waals surface area contributed by atoms with Crippen LogP contribution in [0, 0.1) is 0 Å². The highest BCUT2D eigenvalue weighted by molar-refractivity contribution is 6.10. The zero-order valence-electron chi connectivity index (χ0n) is 11.4. The molecule has 1 aromatic heterocycles. The maximum atomic E-state index is 12.5. The minimum absolute atomic E-state index is 0. The zero-order valence-corrected chi connectivity index (χ0v) is 12.2. The number of aromatic nitrogens is 1. The Hall–Kier alpha value is -2.31. The topological polar surface area (TPSA) is 86.3 Å². The fourth-order valence-corrected chi connectivity index (χ4v) is 1.81. The van der Waals surface area contributed by atoms with Gasteiger partial charge in [-0.05, 0) is 24.3 Å². The number of nitrogens with one attached hydrogen (secondary N) is 1. The highest BCUT2D eigenvalue weighted by Crippen LogP contribution is 2.21. The number of rotatable bonds is 5. The minimum atomic E-state index is -0.379. The Balaban J connectivity index is 0.00000220. The summed E-state index contributed by atoms with van der Waals surface area (Å²) < 4.78 is 6.52. The van der Waals surface area contributed by atoms with Crippen molar-refractivity contribution in [3.63, 3.8) is 0 Å². The molecule has 6 nitrogen and oxygen atoms in total. The molecule has 0 spiro atoms. The molecule has 0 bridgehead atoms. The third-order valence-corrected chi connectivity index (χ3v) is 2.76. The fraction of sp³-hybridized carbons (Fsp3) is 0.143. The summed E-state index contributed by atoms with van der Waals surface area (Å²) in [7, 11) is 1.50. The van der Waals surface area contributed by atoms with Crippen LogP contribution in [0.25, 0.3) is 0 Å². The number of carbonyl (C=O) groups is 2. The maximum absolute atomic E-state index is 12.5. The van der Waals surface area contributed by atoms with Gasteiger partial charge in [-0.25, -0.2) is 0 Å². The maximum Gasteiger partial charge on any atom is 0.252 e. The van der Waals surface area contributed by atoms with Gasteiger partial charge in [0.25, 0.3) is 5.91 Å². The van der Waals surface area contributed by atoms with E-state index in [0.29, 0.717) is 17.0 Å². The number of hydrogen-bond donors (Lipinski definition) is 2. The molecule has 3 N–H and O–H groups in total. The van der Waals surface area contributed by atoms with E-state index < -0.39 is 0 Å². The van der Waals surface area contributed by atoms with Crippen molar-refractivity contribution < 1.29 is 14.3 Å². The minimum Gasteiger partial charge on any atom is -0.496 e. The van der Waals surface area contributed by atoms with Gasteiger partial charge in [0.15, 0.2) is 0 Å². The van der Waals surface area contributed by atoms with Gasteiger partial charge in [0.05, 0.1) is 19.2 Å². The Morgan fingerprint density at radius 2 is 1.95 bits per heavy atom. The summed E-state index contributed by atoms with van der Waals surface area (Å²) in [5.41, 5.74) is 8.52. The lowest BCUT2D eigenvalue weighted by Crippen LogP contribution is -2.30. The molecule has 0 saturated heterocycles. The molecule has 2 rings (SSSR count). The average Bonchev–Trinajstić information content (AvgIpc) is 2.94. The molecule has 112 valence electrons. The Morgan fingerprint density at radius 3 is 2.62 bits per heavy atom. The molecule has 0 aliphatic carbocycles. The van der Waals surface area contributed by atoms with E-state index in [0.717, 1.165) is 0 Å². The van der Waals surface area contributed by atoms with Crippen molar-refractivity contribution in [2.24, 2.45) is 5.73 Å². The van der Waals surface area contributed by atoms with Gasteiger partial charge in [0.1, 0.15) is 11.4 Å². The van der Waals surface area contributed by atoms with Crippen molar-refractivity contribution >= 4 is 24.1 Å². The predicted molar refractivity (Wildman–Crippen MR) is 81.5 cm³/mol. The monoisotopic (exact) mass is 309 g/mol. The molecule has 0 radical (unpaired) electrons. The molecule has 0 aliphatic rings. The van der Waals surface area contributed by atoms with Gasteiger partial charge in [-0.15, -0.1) is 12.4 Å². The summed E-state index contributed by atoms with van der Waals surface area (Å²) in [4.78, 5) is 23.8. The number of amides is 1. The highest BCUT2D eigenvalue weighted by atomic mass is 35.5. The van der Waals surface area contributed by atoms with Crippen LogP contribution in [0.4, 0.5) is 0 Å². The first-order valence-corrected chi connectivity index (χ1v) is 6.02. The molecule has 1 aromatic carbocycles. The first-order valence-electron chi connectivity index (χ1n) is 6.02. The van der Waals surface area contributed by atoms with Crippen LogP contribution in [0.15, 0.2) is 42.6 Å². The van der Waals surface area contributed by atoms with Crippen LogP contribution in [0.3, 0.4) is 0 Å². The second-order valence-corrected chi connectivity index (χ2v) is 4.03. The van der Waals surface area contributed by atoms with Gasteiger partial charge >= 0.3 is 0 Å². The van der Waals surface area contributed by atoms with Crippen molar-refractivity contribution in [3.8, 4) is 5.75 Å². The molecule has 2 aromatic rings. The lowest BCUT2D eigenvalue weighted by Gasteiger charge is -2.11. The molecule has 1 amide bonds. The van der Waals surface area contributed by atoms with Crippen LogP contribution in [0.1, 0.15) is 16.1 Å². The summed E-state index contributed by atoms with van der Waals surface area (Å²) >= 11 is 0. The van der Waals surface area contributed by atoms with Crippen LogP contribution in [0.5, 0.6) is 5.75 Å². The quantitative estimate of drug-likeness (QED) is 0.812. The van der Waals surface area contributed by atoms with Crippen molar-refractivity contribution in [1.82, 2.24) is 4.68 Å². The number of halogens is 1. The van der Waals surface area contributed by atoms with Crippen LogP contribution in [0.2, 0.25) is 0 Å². The Bertz CT molecular complexity index is 640. The van der Waals surface area contributed by atoms with E-state index in [4.69, 9.17) is 10.5 Å². The number of benzene rings is 1. The van der Waals surface area contributed by atoms with E-state index in [9.17, 15) is 9.59 Å². The summed E-state index contributed by atoms with van der Waals surface area (Å²) in [6, 6.07) is 10.2. The van der Waals surface area contributed by atoms with E-state index in [1.54, 1.807) is 42.6 Å². The SMILES string of the molecule is COc1ccccc1C(=O)c1cccn1NC(=O)CN.Cl. The lowest BCUT2D eigenvalue weighted by atomic mass is 10.1. The number of methoxy groups -OCH3 is 1. The standard InChI is InChI=1S/C14H15N3O3.ClH/c1-20-12-7-3-2-5-10(12)14(19)11-6-4-8-17(11)16-13(18)9-15;/h2-8H,9,15H2,1H3,(H,16,18);1H. The summed E-state index contributed by atoms with van der Waals surface area (Å²) in [5, 5.41) is 0. The number of nitrogens with two attached hydrogens (primary N) is 1. The van der Waals surface area contributed by atoms with Gasteiger partial charge < -0.3 is 10.5 Å². The van der Waals surface area contributed by atoms with Crippen LogP contribution >= 0.6 is 12.4 Å². The summed E-state index contributed by atoms with van der Waals surface area (Å²) in [5.74, 6) is -0.143. The van der Waals surface area contributed by atoms with E-state index in [2.05, 4.69) is 5.43 Å². The molecule has 0 aliphatic heterocycles. The van der Waals surface area contributed by atoms with Crippen molar-refractivity contribution in [3.05, 3.63) is 53.9 Å². The Labute approximate surface area is 128 Å². The lowest BCUT2D eigenvalue weighted by molar-refractivity contribution is -0.115. The molecule has 7 heteroatoms. The molecule has 21 heavy (non-hydrogen) atoms. The normalized spacial score (nSPS) is 9.62. The third-order valence-electron chi connectivity index (χ3n) is 2.76. The smallest absolute Gasteiger partial charge is 0.252 e. The first-order chi connectivity index (χ1) is 9.67. The first kappa shape index (κ1) is 16.7. The molecule has 1 heterocycles. The third kappa shape index (κ3) is 3.62. The van der Waals surface area contributed by atoms with Gasteiger partial charge in [-0.2, -0.15) is 0 Å². The number of hydrogen-bond acceptors (Lipinski definition) is 4. The van der Waals surface area contributed by atoms with Crippen molar-refractivity contribution in [1.29, 1.82) is 0 Å². The summed E-state index contributed by atoms with van der Waals surface area (Å²) in [6.45, 7) is -0.152. The molecule has 0 saturated carbocycles. The van der Waals surface area contributed by atoms with E-state index in [1.165, 1.54) is 11.8 Å². The molecular formula is C14H16ClN3O3. The van der Waals surface area contributed by atoms with Crippen molar-refractivity contribution in [2.75, 3.05) is 19.1 Å². The van der Waals surface area contributed by atoms with Crippen molar-refractivity contribution in [2.45, 2.75) is 0 Å². The van der Waals surface area contributed by atoms with Gasteiger partial charge in [-0.1, -0.05) is 12.1 Å². The Kier molecular flexibility index (Phi) is 5.95. The Morgan fingerprint density at radius 1 is 1.24 bits per heavy atom. The number of para-hydroxylation sites is 1. The molecule has 0 fully saturated rings. The number of nitrogens with zero attached hydrogens (tertiary/aromatic N) is 1. The highest BCUT2D eigenvalue weighted by Gasteiger charge is 2.17. The molecule has 0 atom stereocenters. The number of carbonyl (C=O) groups excluding carboxylic acids is 2. The van der Waals surface area contributed by atoms with Gasteiger partial charge in [-0.3, -0.25) is 19.7 Å². The van der Waals surface area contributed by atoms with Crippen LogP contribution in [-0.2, 0) is 4.79 Å². The average molecular weight is 310 g/mol. The molecular weight excluding hydrogens is 294 g/mol. The van der Waals surface area contributed by atoms with Crippen LogP contribution in [-0.4, -0.2) is 30.0 Å².